The number of para-hydroxylation sites is 1. The predicted octanol–water partition coefficient (Wildman–Crippen LogP) is 4.63. The van der Waals surface area contributed by atoms with E-state index in [9.17, 15) is 4.79 Å². The van der Waals surface area contributed by atoms with Crippen molar-refractivity contribution in [3.8, 4) is 5.88 Å². The van der Waals surface area contributed by atoms with E-state index in [0.717, 1.165) is 31.5 Å². The summed E-state index contributed by atoms with van der Waals surface area (Å²) in [7, 11) is 0. The molecule has 1 amide bonds. The van der Waals surface area contributed by atoms with E-state index >= 15 is 0 Å². The number of rotatable bonds is 6. The maximum atomic E-state index is 12.6. The number of piperidine rings is 1. The standard InChI is InChI=1S/C21H22ClN5O2S/c1-13-5-2-7-15(22)19(13)27-20(28)16-12-24-21(30-16)26-17-8-3-9-18(25-17)29-14-6-4-10-23-11-14/h2-3,5,7-9,12,14,23H,4,6,10-11H2,1H3,(H,27,28)(H,24,25,26)/t14-/m0/s1. The lowest BCUT2D eigenvalue weighted by molar-refractivity contribution is 0.103. The molecule has 1 aliphatic heterocycles. The number of hydrogen-bond donors (Lipinski definition) is 3. The molecule has 0 bridgehead atoms. The zero-order chi connectivity index (χ0) is 20.9. The smallest absolute Gasteiger partial charge is 0.267 e. The van der Waals surface area contributed by atoms with Gasteiger partial charge in [-0.3, -0.25) is 4.79 Å². The highest BCUT2D eigenvalue weighted by atomic mass is 35.5. The molecule has 1 fully saturated rings. The van der Waals surface area contributed by atoms with Gasteiger partial charge in [0.1, 0.15) is 16.8 Å². The molecule has 0 saturated carbocycles. The van der Waals surface area contributed by atoms with Gasteiger partial charge >= 0.3 is 0 Å². The summed E-state index contributed by atoms with van der Waals surface area (Å²) in [5.74, 6) is 0.920. The van der Waals surface area contributed by atoms with Crippen LogP contribution in [0.25, 0.3) is 0 Å². The van der Waals surface area contributed by atoms with Gasteiger partial charge in [0.15, 0.2) is 5.13 Å². The Morgan fingerprint density at radius 1 is 1.30 bits per heavy atom. The van der Waals surface area contributed by atoms with E-state index in [1.807, 2.05) is 37.3 Å². The monoisotopic (exact) mass is 443 g/mol. The summed E-state index contributed by atoms with van der Waals surface area (Å²) >= 11 is 7.44. The van der Waals surface area contributed by atoms with Crippen LogP contribution in [0.4, 0.5) is 16.6 Å². The van der Waals surface area contributed by atoms with E-state index < -0.39 is 0 Å². The Balaban J connectivity index is 1.40. The van der Waals surface area contributed by atoms with E-state index in [4.69, 9.17) is 16.3 Å². The molecule has 3 heterocycles. The Morgan fingerprint density at radius 2 is 2.17 bits per heavy atom. The number of aryl methyl sites for hydroxylation is 1. The van der Waals surface area contributed by atoms with Gasteiger partial charge in [-0.1, -0.05) is 41.1 Å². The minimum absolute atomic E-state index is 0.130. The van der Waals surface area contributed by atoms with Crippen LogP contribution in [0.5, 0.6) is 5.88 Å². The van der Waals surface area contributed by atoms with Crippen molar-refractivity contribution in [2.45, 2.75) is 25.9 Å². The highest BCUT2D eigenvalue weighted by Gasteiger charge is 2.16. The fourth-order valence-electron chi connectivity index (χ4n) is 3.15. The Morgan fingerprint density at radius 3 is 2.97 bits per heavy atom. The van der Waals surface area contributed by atoms with Crippen LogP contribution >= 0.6 is 22.9 Å². The van der Waals surface area contributed by atoms with Crippen molar-refractivity contribution < 1.29 is 9.53 Å². The Hall–Kier alpha value is -2.68. The molecule has 3 N–H and O–H groups in total. The number of aromatic nitrogens is 2. The van der Waals surface area contributed by atoms with Crippen LogP contribution in [0.1, 0.15) is 28.1 Å². The lowest BCUT2D eigenvalue weighted by Crippen LogP contribution is -2.37. The number of thiazole rings is 1. The second-order valence-corrected chi connectivity index (χ2v) is 8.43. The predicted molar refractivity (Wildman–Crippen MR) is 120 cm³/mol. The highest BCUT2D eigenvalue weighted by Crippen LogP contribution is 2.28. The van der Waals surface area contributed by atoms with Crippen molar-refractivity contribution in [1.29, 1.82) is 0 Å². The SMILES string of the molecule is Cc1cccc(Cl)c1NC(=O)c1cnc(Nc2cccc(O[C@H]3CCCNC3)n2)s1. The Bertz CT molecular complexity index is 1020. The van der Waals surface area contributed by atoms with Crippen LogP contribution in [-0.4, -0.2) is 35.1 Å². The second kappa shape index (κ2) is 9.42. The van der Waals surface area contributed by atoms with Crippen molar-refractivity contribution in [1.82, 2.24) is 15.3 Å². The number of nitrogens with zero attached hydrogens (tertiary/aromatic N) is 2. The average Bonchev–Trinajstić information content (AvgIpc) is 3.20. The van der Waals surface area contributed by atoms with Crippen LogP contribution in [0.2, 0.25) is 5.02 Å². The summed E-state index contributed by atoms with van der Waals surface area (Å²) in [6.45, 7) is 3.76. The summed E-state index contributed by atoms with van der Waals surface area (Å²) in [4.78, 5) is 21.8. The molecule has 1 atom stereocenters. The van der Waals surface area contributed by atoms with Crippen molar-refractivity contribution >= 4 is 45.5 Å². The molecule has 0 unspecified atom stereocenters. The fraction of sp³-hybridized carbons (Fsp3) is 0.286. The van der Waals surface area contributed by atoms with Gasteiger partial charge in [-0.25, -0.2) is 4.98 Å². The number of benzene rings is 1. The number of nitrogens with one attached hydrogen (secondary N) is 3. The number of amides is 1. The van der Waals surface area contributed by atoms with Gasteiger partial charge < -0.3 is 20.7 Å². The lowest BCUT2D eigenvalue weighted by atomic mass is 10.1. The van der Waals surface area contributed by atoms with Crippen LogP contribution in [0, 0.1) is 6.92 Å². The molecule has 1 aromatic carbocycles. The summed E-state index contributed by atoms with van der Waals surface area (Å²) < 4.78 is 5.96. The molecule has 4 rings (SSSR count). The fourth-order valence-corrected chi connectivity index (χ4v) is 4.14. The molecule has 0 aliphatic carbocycles. The van der Waals surface area contributed by atoms with Crippen molar-refractivity contribution in [3.63, 3.8) is 0 Å². The summed E-state index contributed by atoms with van der Waals surface area (Å²) in [6, 6.07) is 11.0. The van der Waals surface area contributed by atoms with Crippen LogP contribution < -0.4 is 20.7 Å². The van der Waals surface area contributed by atoms with E-state index in [1.54, 1.807) is 6.07 Å². The Labute approximate surface area is 183 Å². The van der Waals surface area contributed by atoms with Gasteiger partial charge in [-0.2, -0.15) is 4.98 Å². The first kappa shape index (κ1) is 20.6. The third-order valence-electron chi connectivity index (χ3n) is 4.69. The molecule has 30 heavy (non-hydrogen) atoms. The minimum atomic E-state index is -0.258. The van der Waals surface area contributed by atoms with Crippen molar-refractivity contribution in [2.75, 3.05) is 23.7 Å². The van der Waals surface area contributed by atoms with E-state index in [1.165, 1.54) is 17.5 Å². The zero-order valence-electron chi connectivity index (χ0n) is 16.4. The number of ether oxygens (including phenoxy) is 1. The zero-order valence-corrected chi connectivity index (χ0v) is 18.0. The molecule has 9 heteroatoms. The number of halogens is 1. The normalized spacial score (nSPS) is 16.1. The van der Waals surface area contributed by atoms with Gasteiger partial charge in [-0.05, 0) is 44.0 Å². The maximum Gasteiger partial charge on any atom is 0.267 e. The average molecular weight is 444 g/mol. The molecule has 7 nitrogen and oxygen atoms in total. The number of carbonyl (C=O) groups is 1. The topological polar surface area (TPSA) is 88.2 Å². The molecular weight excluding hydrogens is 422 g/mol. The minimum Gasteiger partial charge on any atom is -0.473 e. The maximum absolute atomic E-state index is 12.6. The van der Waals surface area contributed by atoms with E-state index in [0.29, 0.717) is 32.4 Å². The summed E-state index contributed by atoms with van der Waals surface area (Å²) in [6.07, 6.45) is 3.77. The quantitative estimate of drug-likeness (QED) is 0.515. The molecule has 0 spiro atoms. The van der Waals surface area contributed by atoms with Crippen LogP contribution in [0.3, 0.4) is 0 Å². The van der Waals surface area contributed by atoms with Gasteiger partial charge in [0.25, 0.3) is 5.91 Å². The van der Waals surface area contributed by atoms with E-state index in [2.05, 4.69) is 25.9 Å². The third-order valence-corrected chi connectivity index (χ3v) is 5.91. The molecule has 1 aliphatic rings. The Kier molecular flexibility index (Phi) is 6.47. The van der Waals surface area contributed by atoms with E-state index in [-0.39, 0.29) is 12.0 Å². The van der Waals surface area contributed by atoms with Crippen LogP contribution in [0.15, 0.2) is 42.6 Å². The number of hydrogen-bond acceptors (Lipinski definition) is 7. The number of pyridine rings is 1. The third kappa shape index (κ3) is 5.08. The van der Waals surface area contributed by atoms with Gasteiger partial charge in [0.2, 0.25) is 5.88 Å². The summed E-state index contributed by atoms with van der Waals surface area (Å²) in [5.41, 5.74) is 1.50. The first-order valence-electron chi connectivity index (χ1n) is 9.72. The van der Waals surface area contributed by atoms with Gasteiger partial charge in [0, 0.05) is 12.6 Å². The number of anilines is 3. The lowest BCUT2D eigenvalue weighted by Gasteiger charge is -2.23. The molecule has 3 aromatic rings. The molecule has 2 aromatic heterocycles. The molecule has 156 valence electrons. The highest BCUT2D eigenvalue weighted by molar-refractivity contribution is 7.17. The molecule has 1 saturated heterocycles. The van der Waals surface area contributed by atoms with Crippen molar-refractivity contribution in [3.05, 3.63) is 58.1 Å². The van der Waals surface area contributed by atoms with Crippen molar-refractivity contribution in [2.24, 2.45) is 0 Å². The number of carbonyl (C=O) groups excluding carboxylic acids is 1. The molecule has 0 radical (unpaired) electrons. The first-order valence-corrected chi connectivity index (χ1v) is 10.9. The molecular formula is C21H22ClN5O2S. The van der Waals surface area contributed by atoms with Gasteiger partial charge in [-0.15, -0.1) is 0 Å². The first-order chi connectivity index (χ1) is 14.6. The largest absolute Gasteiger partial charge is 0.473 e. The second-order valence-electron chi connectivity index (χ2n) is 6.99. The van der Waals surface area contributed by atoms with Crippen LogP contribution in [-0.2, 0) is 0 Å². The summed E-state index contributed by atoms with van der Waals surface area (Å²) in [5, 5.41) is 10.4. The van der Waals surface area contributed by atoms with Gasteiger partial charge in [0.05, 0.1) is 16.9 Å².